The van der Waals surface area contributed by atoms with Gasteiger partial charge in [0, 0.05) is 6.54 Å². The van der Waals surface area contributed by atoms with Crippen molar-refractivity contribution in [1.82, 2.24) is 20.1 Å². The SMILES string of the molecule is C[C@H](C(=O)NCCC1=CCCCC1)n1cncn1. The Bertz CT molecular complexity index is 411. The Hall–Kier alpha value is -1.65. The number of carbonyl (C=O) groups excluding carboxylic acids is 1. The zero-order valence-corrected chi connectivity index (χ0v) is 10.8. The monoisotopic (exact) mass is 248 g/mol. The van der Waals surface area contributed by atoms with Crippen LogP contribution in [0.25, 0.3) is 0 Å². The van der Waals surface area contributed by atoms with E-state index in [9.17, 15) is 4.79 Å². The van der Waals surface area contributed by atoms with Crippen molar-refractivity contribution in [3.8, 4) is 0 Å². The normalized spacial score (nSPS) is 17.1. The van der Waals surface area contributed by atoms with Crippen molar-refractivity contribution in [3.63, 3.8) is 0 Å². The Balaban J connectivity index is 1.73. The summed E-state index contributed by atoms with van der Waals surface area (Å²) in [7, 11) is 0. The molecule has 1 aliphatic carbocycles. The van der Waals surface area contributed by atoms with Gasteiger partial charge in [-0.1, -0.05) is 11.6 Å². The molecule has 1 atom stereocenters. The number of rotatable bonds is 5. The second-order valence-corrected chi connectivity index (χ2v) is 4.70. The number of hydrogen-bond donors (Lipinski definition) is 1. The van der Waals surface area contributed by atoms with Crippen molar-refractivity contribution in [2.45, 2.75) is 45.1 Å². The van der Waals surface area contributed by atoms with E-state index < -0.39 is 0 Å². The highest BCUT2D eigenvalue weighted by Gasteiger charge is 2.14. The summed E-state index contributed by atoms with van der Waals surface area (Å²) in [5.74, 6) is -0.00286. The first-order chi connectivity index (χ1) is 8.77. The minimum atomic E-state index is -0.298. The molecule has 5 nitrogen and oxygen atoms in total. The van der Waals surface area contributed by atoms with Crippen LogP contribution in [0.3, 0.4) is 0 Å². The number of nitrogens with zero attached hydrogens (tertiary/aromatic N) is 3. The van der Waals surface area contributed by atoms with Crippen molar-refractivity contribution in [2.24, 2.45) is 0 Å². The van der Waals surface area contributed by atoms with Crippen molar-refractivity contribution in [1.29, 1.82) is 0 Å². The summed E-state index contributed by atoms with van der Waals surface area (Å²) in [4.78, 5) is 15.7. The van der Waals surface area contributed by atoms with Crippen LogP contribution >= 0.6 is 0 Å². The van der Waals surface area contributed by atoms with E-state index >= 15 is 0 Å². The van der Waals surface area contributed by atoms with Crippen LogP contribution in [0.5, 0.6) is 0 Å². The predicted molar refractivity (Wildman–Crippen MR) is 68.9 cm³/mol. The molecule has 1 aliphatic rings. The standard InChI is InChI=1S/C13H20N4O/c1-11(17-10-14-9-16-17)13(18)15-8-7-12-5-3-2-4-6-12/h5,9-11H,2-4,6-8H2,1H3,(H,15,18)/t11-/m1/s1. The smallest absolute Gasteiger partial charge is 0.244 e. The minimum absolute atomic E-state index is 0.00286. The van der Waals surface area contributed by atoms with Gasteiger partial charge in [0.25, 0.3) is 0 Å². The van der Waals surface area contributed by atoms with Gasteiger partial charge in [0.15, 0.2) is 0 Å². The van der Waals surface area contributed by atoms with Crippen molar-refractivity contribution >= 4 is 5.91 Å². The number of carbonyl (C=O) groups is 1. The quantitative estimate of drug-likeness (QED) is 0.809. The lowest BCUT2D eigenvalue weighted by Crippen LogP contribution is -2.32. The fraction of sp³-hybridized carbons (Fsp3) is 0.615. The first-order valence-corrected chi connectivity index (χ1v) is 6.57. The molecule has 98 valence electrons. The van der Waals surface area contributed by atoms with E-state index in [0.717, 1.165) is 6.42 Å². The molecule has 0 aromatic carbocycles. The second-order valence-electron chi connectivity index (χ2n) is 4.70. The molecule has 0 saturated heterocycles. The van der Waals surface area contributed by atoms with Crippen LogP contribution in [0.2, 0.25) is 0 Å². The largest absolute Gasteiger partial charge is 0.354 e. The first kappa shape index (κ1) is 12.8. The third-order valence-corrected chi connectivity index (χ3v) is 3.34. The third kappa shape index (κ3) is 3.42. The molecule has 0 saturated carbocycles. The summed E-state index contributed by atoms with van der Waals surface area (Å²) in [6, 6.07) is -0.298. The zero-order valence-electron chi connectivity index (χ0n) is 10.8. The average Bonchev–Trinajstić information content (AvgIpc) is 2.93. The molecule has 18 heavy (non-hydrogen) atoms. The summed E-state index contributed by atoms with van der Waals surface area (Å²) >= 11 is 0. The molecule has 0 spiro atoms. The van der Waals surface area contributed by atoms with Gasteiger partial charge in [-0.2, -0.15) is 5.10 Å². The summed E-state index contributed by atoms with van der Waals surface area (Å²) < 4.78 is 1.56. The Labute approximate surface area is 107 Å². The fourth-order valence-corrected chi connectivity index (χ4v) is 2.16. The van der Waals surface area contributed by atoms with Gasteiger partial charge in [0.05, 0.1) is 0 Å². The summed E-state index contributed by atoms with van der Waals surface area (Å²) in [6.45, 7) is 2.54. The van der Waals surface area contributed by atoms with Gasteiger partial charge in [-0.05, 0) is 39.0 Å². The van der Waals surface area contributed by atoms with Crippen molar-refractivity contribution in [3.05, 3.63) is 24.3 Å². The van der Waals surface area contributed by atoms with Crippen LogP contribution < -0.4 is 5.32 Å². The maximum absolute atomic E-state index is 11.9. The molecular formula is C13H20N4O. The van der Waals surface area contributed by atoms with E-state index in [1.54, 1.807) is 11.0 Å². The minimum Gasteiger partial charge on any atom is -0.354 e. The Morgan fingerprint density at radius 2 is 2.44 bits per heavy atom. The molecule has 1 heterocycles. The van der Waals surface area contributed by atoms with E-state index in [1.807, 2.05) is 6.92 Å². The van der Waals surface area contributed by atoms with E-state index in [2.05, 4.69) is 21.5 Å². The molecular weight excluding hydrogens is 228 g/mol. The van der Waals surface area contributed by atoms with Gasteiger partial charge in [0.2, 0.25) is 5.91 Å². The Morgan fingerprint density at radius 3 is 3.11 bits per heavy atom. The number of amides is 1. The lowest BCUT2D eigenvalue weighted by atomic mass is 9.97. The summed E-state index contributed by atoms with van der Waals surface area (Å²) in [5, 5.41) is 6.92. The molecule has 1 aromatic rings. The van der Waals surface area contributed by atoms with Crippen LogP contribution in [0.4, 0.5) is 0 Å². The Kier molecular flexibility index (Phi) is 4.50. The van der Waals surface area contributed by atoms with Gasteiger partial charge < -0.3 is 5.32 Å². The molecule has 0 aliphatic heterocycles. The lowest BCUT2D eigenvalue weighted by molar-refractivity contribution is -0.124. The van der Waals surface area contributed by atoms with Crippen LogP contribution in [0.15, 0.2) is 24.3 Å². The number of allylic oxidation sites excluding steroid dienone is 1. The van der Waals surface area contributed by atoms with Gasteiger partial charge in [-0.25, -0.2) is 9.67 Å². The molecule has 0 radical (unpaired) electrons. The van der Waals surface area contributed by atoms with Gasteiger partial charge in [-0.15, -0.1) is 0 Å². The molecule has 2 rings (SSSR count). The van der Waals surface area contributed by atoms with E-state index in [1.165, 1.54) is 37.6 Å². The van der Waals surface area contributed by atoms with Crippen LogP contribution in [-0.4, -0.2) is 27.2 Å². The van der Waals surface area contributed by atoms with E-state index in [0.29, 0.717) is 6.54 Å². The zero-order chi connectivity index (χ0) is 12.8. The molecule has 0 unspecified atom stereocenters. The van der Waals surface area contributed by atoms with Crippen LogP contribution in [0.1, 0.15) is 45.1 Å². The number of hydrogen-bond acceptors (Lipinski definition) is 3. The molecule has 1 aromatic heterocycles. The van der Waals surface area contributed by atoms with Gasteiger partial charge in [-0.3, -0.25) is 4.79 Å². The summed E-state index contributed by atoms with van der Waals surface area (Å²) in [5.41, 5.74) is 1.48. The molecule has 5 heteroatoms. The number of nitrogens with one attached hydrogen (secondary N) is 1. The van der Waals surface area contributed by atoms with Crippen LogP contribution in [0, 0.1) is 0 Å². The predicted octanol–water partition coefficient (Wildman–Crippen LogP) is 1.85. The Morgan fingerprint density at radius 1 is 1.56 bits per heavy atom. The molecule has 1 N–H and O–H groups in total. The molecule has 0 bridgehead atoms. The highest BCUT2D eigenvalue weighted by Crippen LogP contribution is 2.19. The van der Waals surface area contributed by atoms with Crippen molar-refractivity contribution in [2.75, 3.05) is 6.54 Å². The lowest BCUT2D eigenvalue weighted by Gasteiger charge is -2.15. The van der Waals surface area contributed by atoms with Crippen molar-refractivity contribution < 1.29 is 4.79 Å². The maximum Gasteiger partial charge on any atom is 0.244 e. The highest BCUT2D eigenvalue weighted by molar-refractivity contribution is 5.79. The summed E-state index contributed by atoms with van der Waals surface area (Å²) in [6.07, 6.45) is 11.3. The number of aromatic nitrogens is 3. The maximum atomic E-state index is 11.9. The van der Waals surface area contributed by atoms with E-state index in [4.69, 9.17) is 0 Å². The highest BCUT2D eigenvalue weighted by atomic mass is 16.2. The second kappa shape index (κ2) is 6.33. The average molecular weight is 248 g/mol. The first-order valence-electron chi connectivity index (χ1n) is 6.57. The van der Waals surface area contributed by atoms with Crippen LogP contribution in [-0.2, 0) is 4.79 Å². The molecule has 1 amide bonds. The topological polar surface area (TPSA) is 59.8 Å². The fourth-order valence-electron chi connectivity index (χ4n) is 2.16. The van der Waals surface area contributed by atoms with E-state index in [-0.39, 0.29) is 11.9 Å². The van der Waals surface area contributed by atoms with Gasteiger partial charge >= 0.3 is 0 Å². The van der Waals surface area contributed by atoms with Gasteiger partial charge in [0.1, 0.15) is 18.7 Å². The third-order valence-electron chi connectivity index (χ3n) is 3.34. The molecule has 0 fully saturated rings.